The monoisotopic (exact) mass is 345 g/mol. The minimum atomic E-state index is -0.0740. The number of amides is 1. The number of hydrogen-bond donors (Lipinski definition) is 1. The number of nitrogens with one attached hydrogen (secondary N) is 1. The average Bonchev–Trinajstić information content (AvgIpc) is 3.14. The minimum absolute atomic E-state index is 0.0740. The largest absolute Gasteiger partial charge is 0.371 e. The predicted molar refractivity (Wildman–Crippen MR) is 97.9 cm³/mol. The smallest absolute Gasteiger partial charge is 0.264 e. The van der Waals surface area contributed by atoms with Crippen LogP contribution in [0.4, 0.5) is 5.69 Å². The van der Waals surface area contributed by atoms with Crippen LogP contribution < -0.4 is 10.5 Å². The summed E-state index contributed by atoms with van der Waals surface area (Å²) in [6, 6.07) is 7.68. The van der Waals surface area contributed by atoms with Crippen LogP contribution >= 0.6 is 11.3 Å². The first kappa shape index (κ1) is 16.8. The van der Waals surface area contributed by atoms with Gasteiger partial charge >= 0.3 is 0 Å². The van der Waals surface area contributed by atoms with Crippen molar-refractivity contribution in [3.8, 4) is 0 Å². The SMILES string of the molecule is CCCN(C(=O)c1cccs1)C1CCN(c2cc[nH]c(=O)c2)CC1. The van der Waals surface area contributed by atoms with Crippen molar-refractivity contribution >= 4 is 22.9 Å². The molecule has 0 atom stereocenters. The first-order valence-electron chi connectivity index (χ1n) is 8.47. The molecule has 1 aliphatic heterocycles. The van der Waals surface area contributed by atoms with Crippen LogP contribution in [-0.4, -0.2) is 41.5 Å². The highest BCUT2D eigenvalue weighted by atomic mass is 32.1. The molecule has 0 aliphatic carbocycles. The summed E-state index contributed by atoms with van der Waals surface area (Å²) in [5.41, 5.74) is 0.888. The summed E-state index contributed by atoms with van der Waals surface area (Å²) in [5.74, 6) is 0.154. The molecule has 5 nitrogen and oxygen atoms in total. The van der Waals surface area contributed by atoms with Crippen LogP contribution in [0.5, 0.6) is 0 Å². The highest BCUT2D eigenvalue weighted by Gasteiger charge is 2.28. The lowest BCUT2D eigenvalue weighted by molar-refractivity contribution is 0.0655. The molecule has 1 amide bonds. The number of anilines is 1. The molecule has 0 saturated carbocycles. The summed E-state index contributed by atoms with van der Waals surface area (Å²) in [6.45, 7) is 4.64. The maximum Gasteiger partial charge on any atom is 0.264 e. The number of pyridine rings is 1. The third kappa shape index (κ3) is 3.70. The maximum atomic E-state index is 12.8. The predicted octanol–water partition coefficient (Wildman–Crippen LogP) is 2.96. The fourth-order valence-electron chi connectivity index (χ4n) is 3.30. The molecule has 0 radical (unpaired) electrons. The summed E-state index contributed by atoms with van der Waals surface area (Å²) in [4.78, 5) is 32.0. The Balaban J connectivity index is 1.67. The van der Waals surface area contributed by atoms with E-state index in [1.807, 2.05) is 28.5 Å². The van der Waals surface area contributed by atoms with Crippen LogP contribution in [0.1, 0.15) is 35.9 Å². The van der Waals surface area contributed by atoms with Gasteiger partial charge in [-0.1, -0.05) is 13.0 Å². The highest BCUT2D eigenvalue weighted by molar-refractivity contribution is 7.12. The second-order valence-corrected chi connectivity index (χ2v) is 7.05. The van der Waals surface area contributed by atoms with Crippen molar-refractivity contribution in [3.63, 3.8) is 0 Å². The molecule has 3 rings (SSSR count). The highest BCUT2D eigenvalue weighted by Crippen LogP contribution is 2.24. The maximum absolute atomic E-state index is 12.8. The number of carbonyl (C=O) groups is 1. The van der Waals surface area contributed by atoms with E-state index in [9.17, 15) is 9.59 Å². The molecular formula is C18H23N3O2S. The van der Waals surface area contributed by atoms with Crippen molar-refractivity contribution in [3.05, 3.63) is 51.1 Å². The number of thiophene rings is 1. The zero-order valence-electron chi connectivity index (χ0n) is 13.9. The zero-order valence-corrected chi connectivity index (χ0v) is 14.7. The summed E-state index contributed by atoms with van der Waals surface area (Å²) in [5, 5.41) is 1.95. The molecule has 2 aromatic heterocycles. The van der Waals surface area contributed by atoms with Crippen LogP contribution in [-0.2, 0) is 0 Å². The van der Waals surface area contributed by atoms with Crippen molar-refractivity contribution in [1.29, 1.82) is 0 Å². The molecule has 0 spiro atoms. The third-order valence-electron chi connectivity index (χ3n) is 4.49. The number of hydrogen-bond acceptors (Lipinski definition) is 4. The molecule has 24 heavy (non-hydrogen) atoms. The number of piperidine rings is 1. The third-order valence-corrected chi connectivity index (χ3v) is 5.34. The topological polar surface area (TPSA) is 56.4 Å². The Morgan fingerprint density at radius 2 is 2.17 bits per heavy atom. The van der Waals surface area contributed by atoms with Crippen molar-refractivity contribution in [2.45, 2.75) is 32.2 Å². The van der Waals surface area contributed by atoms with E-state index < -0.39 is 0 Å². The van der Waals surface area contributed by atoms with Gasteiger partial charge in [-0.25, -0.2) is 0 Å². The van der Waals surface area contributed by atoms with Gasteiger partial charge in [0.2, 0.25) is 5.56 Å². The van der Waals surface area contributed by atoms with E-state index in [2.05, 4.69) is 16.8 Å². The Morgan fingerprint density at radius 1 is 1.38 bits per heavy atom. The van der Waals surface area contributed by atoms with E-state index in [1.165, 1.54) is 11.3 Å². The molecule has 128 valence electrons. The zero-order chi connectivity index (χ0) is 16.9. The molecule has 0 unspecified atom stereocenters. The molecule has 0 aromatic carbocycles. The molecule has 3 heterocycles. The van der Waals surface area contributed by atoms with Crippen molar-refractivity contribution < 1.29 is 4.79 Å². The van der Waals surface area contributed by atoms with E-state index in [1.54, 1.807) is 12.3 Å². The lowest BCUT2D eigenvalue weighted by atomic mass is 10.0. The fraction of sp³-hybridized carbons (Fsp3) is 0.444. The van der Waals surface area contributed by atoms with Gasteiger partial charge in [0.15, 0.2) is 0 Å². The van der Waals surface area contributed by atoms with Gasteiger partial charge in [0, 0.05) is 43.6 Å². The standard InChI is InChI=1S/C18H23N3O2S/c1-2-9-21(18(23)16-4-3-12-24-16)14-6-10-20(11-7-14)15-5-8-19-17(22)13-15/h3-5,8,12-14H,2,6-7,9-11H2,1H3,(H,19,22). The average molecular weight is 345 g/mol. The first-order valence-corrected chi connectivity index (χ1v) is 9.35. The molecule has 0 bridgehead atoms. The van der Waals surface area contributed by atoms with Gasteiger partial charge in [-0.05, 0) is 36.8 Å². The second kappa shape index (κ2) is 7.66. The Hall–Kier alpha value is -2.08. The van der Waals surface area contributed by atoms with E-state index in [-0.39, 0.29) is 17.5 Å². The number of aromatic nitrogens is 1. The molecule has 1 N–H and O–H groups in total. The second-order valence-electron chi connectivity index (χ2n) is 6.11. The van der Waals surface area contributed by atoms with Gasteiger partial charge in [-0.2, -0.15) is 0 Å². The Morgan fingerprint density at radius 3 is 2.79 bits per heavy atom. The van der Waals surface area contributed by atoms with Crippen LogP contribution in [0.3, 0.4) is 0 Å². The van der Waals surface area contributed by atoms with Crippen molar-refractivity contribution in [1.82, 2.24) is 9.88 Å². The van der Waals surface area contributed by atoms with Gasteiger partial charge in [0.1, 0.15) is 0 Å². The van der Waals surface area contributed by atoms with Gasteiger partial charge in [-0.15, -0.1) is 11.3 Å². The van der Waals surface area contributed by atoms with E-state index in [4.69, 9.17) is 0 Å². The van der Waals surface area contributed by atoms with Crippen molar-refractivity contribution in [2.24, 2.45) is 0 Å². The van der Waals surface area contributed by atoms with Crippen LogP contribution in [0.15, 0.2) is 40.6 Å². The number of H-pyrrole nitrogens is 1. The molecule has 1 aliphatic rings. The van der Waals surface area contributed by atoms with E-state index in [0.717, 1.165) is 49.5 Å². The molecule has 6 heteroatoms. The van der Waals surface area contributed by atoms with Gasteiger partial charge in [0.05, 0.1) is 4.88 Å². The Labute approximate surface area is 145 Å². The summed E-state index contributed by atoms with van der Waals surface area (Å²) in [6.07, 6.45) is 4.52. The van der Waals surface area contributed by atoms with Crippen LogP contribution in [0, 0.1) is 0 Å². The number of nitrogens with zero attached hydrogens (tertiary/aromatic N) is 2. The molecule has 2 aromatic rings. The first-order chi connectivity index (χ1) is 11.7. The lowest BCUT2D eigenvalue weighted by Gasteiger charge is -2.39. The van der Waals surface area contributed by atoms with Crippen LogP contribution in [0.25, 0.3) is 0 Å². The normalized spacial score (nSPS) is 15.5. The Bertz CT molecular complexity index is 718. The van der Waals surface area contributed by atoms with Crippen LogP contribution in [0.2, 0.25) is 0 Å². The molecule has 1 fully saturated rings. The minimum Gasteiger partial charge on any atom is -0.371 e. The number of rotatable bonds is 5. The fourth-order valence-corrected chi connectivity index (χ4v) is 3.98. The molecular weight excluding hydrogens is 322 g/mol. The van der Waals surface area contributed by atoms with Gasteiger partial charge in [-0.3, -0.25) is 9.59 Å². The van der Waals surface area contributed by atoms with Gasteiger partial charge < -0.3 is 14.8 Å². The van der Waals surface area contributed by atoms with Gasteiger partial charge in [0.25, 0.3) is 5.91 Å². The lowest BCUT2D eigenvalue weighted by Crippen LogP contribution is -2.47. The van der Waals surface area contributed by atoms with Crippen molar-refractivity contribution in [2.75, 3.05) is 24.5 Å². The summed E-state index contributed by atoms with van der Waals surface area (Å²) in [7, 11) is 0. The van der Waals surface area contributed by atoms with E-state index in [0.29, 0.717) is 0 Å². The number of carbonyl (C=O) groups excluding carboxylic acids is 1. The Kier molecular flexibility index (Phi) is 5.35. The summed E-state index contributed by atoms with van der Waals surface area (Å²) < 4.78 is 0. The molecule has 1 saturated heterocycles. The summed E-state index contributed by atoms with van der Waals surface area (Å²) >= 11 is 1.51. The van der Waals surface area contributed by atoms with E-state index >= 15 is 0 Å². The quantitative estimate of drug-likeness (QED) is 0.906. The number of aromatic amines is 1.